The number of hydrogen-bond donors (Lipinski definition) is 1. The van der Waals surface area contributed by atoms with Gasteiger partial charge in [0.25, 0.3) is 0 Å². The van der Waals surface area contributed by atoms with Crippen molar-refractivity contribution in [1.82, 2.24) is 0 Å². The molecule has 0 saturated carbocycles. The van der Waals surface area contributed by atoms with Crippen molar-refractivity contribution in [3.05, 3.63) is 49.6 Å². The molecule has 0 aliphatic carbocycles. The molecule has 0 fully saturated rings. The third-order valence-electron chi connectivity index (χ3n) is 2.16. The number of thiophene rings is 1. The highest BCUT2D eigenvalue weighted by atomic mass is 79.9. The molecule has 1 aromatic carbocycles. The monoisotopic (exact) mass is 326 g/mol. The maximum atomic E-state index is 8.72. The van der Waals surface area contributed by atoms with Gasteiger partial charge in [-0.05, 0) is 46.3 Å². The summed E-state index contributed by atoms with van der Waals surface area (Å²) in [5.74, 6) is 0. The lowest BCUT2D eigenvalue weighted by Crippen LogP contribution is -1.96. The van der Waals surface area contributed by atoms with Gasteiger partial charge >= 0.3 is 0 Å². The summed E-state index contributed by atoms with van der Waals surface area (Å²) in [5, 5.41) is 12.7. The zero-order chi connectivity index (χ0) is 12.3. The van der Waals surface area contributed by atoms with Crippen LogP contribution in [0.2, 0.25) is 5.02 Å². The SMILES string of the molecule is N#Cc1ccc(CNc2ccc(Cl)c(Br)c2)s1. The molecule has 1 heterocycles. The Labute approximate surface area is 117 Å². The molecule has 2 aromatic rings. The number of nitriles is 1. The van der Waals surface area contributed by atoms with E-state index in [-0.39, 0.29) is 0 Å². The fraction of sp³-hybridized carbons (Fsp3) is 0.0833. The maximum Gasteiger partial charge on any atom is 0.110 e. The first-order valence-corrected chi connectivity index (χ1v) is 6.85. The number of nitrogens with one attached hydrogen (secondary N) is 1. The number of hydrogen-bond acceptors (Lipinski definition) is 3. The van der Waals surface area contributed by atoms with Gasteiger partial charge in [0.05, 0.1) is 5.02 Å². The molecule has 1 N–H and O–H groups in total. The average Bonchev–Trinajstić information content (AvgIpc) is 2.79. The summed E-state index contributed by atoms with van der Waals surface area (Å²) in [4.78, 5) is 1.87. The number of rotatable bonds is 3. The molecular formula is C12H8BrClN2S. The average molecular weight is 328 g/mol. The molecule has 0 amide bonds. The van der Waals surface area contributed by atoms with Crippen LogP contribution in [0.1, 0.15) is 9.75 Å². The highest BCUT2D eigenvalue weighted by Gasteiger charge is 2.01. The van der Waals surface area contributed by atoms with Crippen LogP contribution in [0.4, 0.5) is 5.69 Å². The minimum atomic E-state index is 0.693. The Morgan fingerprint density at radius 1 is 1.35 bits per heavy atom. The Morgan fingerprint density at radius 2 is 2.18 bits per heavy atom. The van der Waals surface area contributed by atoms with E-state index in [1.807, 2.05) is 30.3 Å². The first kappa shape index (κ1) is 12.4. The van der Waals surface area contributed by atoms with Crippen molar-refractivity contribution in [2.75, 3.05) is 5.32 Å². The molecule has 0 spiro atoms. The van der Waals surface area contributed by atoms with E-state index in [4.69, 9.17) is 16.9 Å². The van der Waals surface area contributed by atoms with E-state index < -0.39 is 0 Å². The summed E-state index contributed by atoms with van der Waals surface area (Å²) in [6, 6.07) is 11.6. The zero-order valence-corrected chi connectivity index (χ0v) is 11.9. The summed E-state index contributed by atoms with van der Waals surface area (Å²) < 4.78 is 0.869. The van der Waals surface area contributed by atoms with Crippen molar-refractivity contribution < 1.29 is 0 Å². The van der Waals surface area contributed by atoms with E-state index in [0.29, 0.717) is 11.6 Å². The quantitative estimate of drug-likeness (QED) is 0.891. The van der Waals surface area contributed by atoms with Crippen LogP contribution in [-0.2, 0) is 6.54 Å². The number of nitrogens with zero attached hydrogens (tertiary/aromatic N) is 1. The lowest BCUT2D eigenvalue weighted by atomic mass is 10.3. The summed E-state index contributed by atoms with van der Waals surface area (Å²) in [6.07, 6.45) is 0. The van der Waals surface area contributed by atoms with Gasteiger partial charge in [0.15, 0.2) is 0 Å². The third-order valence-corrected chi connectivity index (χ3v) is 4.36. The largest absolute Gasteiger partial charge is 0.380 e. The van der Waals surface area contributed by atoms with Crippen LogP contribution >= 0.6 is 38.9 Å². The second-order valence-electron chi connectivity index (χ2n) is 3.36. The molecule has 2 nitrogen and oxygen atoms in total. The van der Waals surface area contributed by atoms with Crippen molar-refractivity contribution in [3.8, 4) is 6.07 Å². The second kappa shape index (κ2) is 5.54. The predicted octanol–water partition coefficient (Wildman–Crippen LogP) is 4.65. The van der Waals surface area contributed by atoms with Crippen molar-refractivity contribution in [2.45, 2.75) is 6.54 Å². The van der Waals surface area contributed by atoms with Crippen LogP contribution in [0.3, 0.4) is 0 Å². The maximum absolute atomic E-state index is 8.72. The van der Waals surface area contributed by atoms with Crippen LogP contribution in [0.25, 0.3) is 0 Å². The Bertz CT molecular complexity index is 574. The molecule has 0 aliphatic heterocycles. The standard InChI is InChI=1S/C12H8BrClN2S/c13-11-5-8(1-4-12(11)14)16-7-10-3-2-9(6-15)17-10/h1-5,16H,7H2. The normalized spacial score (nSPS) is 9.94. The van der Waals surface area contributed by atoms with Crippen LogP contribution in [-0.4, -0.2) is 0 Å². The fourth-order valence-electron chi connectivity index (χ4n) is 1.33. The van der Waals surface area contributed by atoms with Crippen molar-refractivity contribution >= 4 is 44.6 Å². The Kier molecular flexibility index (Phi) is 4.06. The van der Waals surface area contributed by atoms with Crippen LogP contribution in [0.15, 0.2) is 34.8 Å². The van der Waals surface area contributed by atoms with Gasteiger partial charge in [0.1, 0.15) is 10.9 Å². The lowest BCUT2D eigenvalue weighted by molar-refractivity contribution is 1.19. The predicted molar refractivity (Wildman–Crippen MR) is 75.5 cm³/mol. The summed E-state index contributed by atoms with van der Waals surface area (Å²) in [5.41, 5.74) is 0.994. The summed E-state index contributed by atoms with van der Waals surface area (Å²) in [6.45, 7) is 0.709. The molecule has 0 aliphatic rings. The van der Waals surface area contributed by atoms with Gasteiger partial charge in [0, 0.05) is 21.6 Å². The molecule has 17 heavy (non-hydrogen) atoms. The van der Waals surface area contributed by atoms with Crippen molar-refractivity contribution in [3.63, 3.8) is 0 Å². The van der Waals surface area contributed by atoms with Gasteiger partial charge < -0.3 is 5.32 Å². The van der Waals surface area contributed by atoms with E-state index in [1.54, 1.807) is 0 Å². The Morgan fingerprint density at radius 3 is 2.82 bits per heavy atom. The smallest absolute Gasteiger partial charge is 0.110 e. The van der Waals surface area contributed by atoms with E-state index >= 15 is 0 Å². The second-order valence-corrected chi connectivity index (χ2v) is 5.79. The van der Waals surface area contributed by atoms with Crippen LogP contribution in [0.5, 0.6) is 0 Å². The molecule has 0 bridgehead atoms. The summed E-state index contributed by atoms with van der Waals surface area (Å²) in [7, 11) is 0. The van der Waals surface area contributed by atoms with Gasteiger partial charge in [-0.15, -0.1) is 11.3 Å². The Hall–Kier alpha value is -1.02. The molecule has 0 saturated heterocycles. The molecule has 5 heteroatoms. The van der Waals surface area contributed by atoms with Gasteiger partial charge in [-0.2, -0.15) is 5.26 Å². The van der Waals surface area contributed by atoms with E-state index in [1.165, 1.54) is 11.3 Å². The fourth-order valence-corrected chi connectivity index (χ4v) is 2.57. The van der Waals surface area contributed by atoms with Gasteiger partial charge in [-0.1, -0.05) is 11.6 Å². The van der Waals surface area contributed by atoms with Crippen LogP contribution in [0, 0.1) is 11.3 Å². The molecule has 2 rings (SSSR count). The molecule has 0 atom stereocenters. The zero-order valence-electron chi connectivity index (χ0n) is 8.71. The molecule has 0 unspecified atom stereocenters. The molecule has 1 aromatic heterocycles. The van der Waals surface area contributed by atoms with E-state index in [2.05, 4.69) is 27.3 Å². The lowest BCUT2D eigenvalue weighted by Gasteiger charge is -2.05. The highest BCUT2D eigenvalue weighted by molar-refractivity contribution is 9.10. The summed E-state index contributed by atoms with van der Waals surface area (Å²) >= 11 is 10.8. The number of halogens is 2. The number of anilines is 1. The molecule has 0 radical (unpaired) electrons. The topological polar surface area (TPSA) is 35.8 Å². The first-order chi connectivity index (χ1) is 8.19. The highest BCUT2D eigenvalue weighted by Crippen LogP contribution is 2.26. The van der Waals surface area contributed by atoms with Gasteiger partial charge in [-0.3, -0.25) is 0 Å². The molecular weight excluding hydrogens is 320 g/mol. The minimum absolute atomic E-state index is 0.693. The van der Waals surface area contributed by atoms with Crippen molar-refractivity contribution in [1.29, 1.82) is 5.26 Å². The van der Waals surface area contributed by atoms with Crippen LogP contribution < -0.4 is 5.32 Å². The number of benzene rings is 1. The first-order valence-electron chi connectivity index (χ1n) is 4.87. The minimum Gasteiger partial charge on any atom is -0.380 e. The Balaban J connectivity index is 2.02. The molecule has 86 valence electrons. The van der Waals surface area contributed by atoms with E-state index in [0.717, 1.165) is 19.9 Å². The third kappa shape index (κ3) is 3.22. The van der Waals surface area contributed by atoms with Crippen molar-refractivity contribution in [2.24, 2.45) is 0 Å². The van der Waals surface area contributed by atoms with E-state index in [9.17, 15) is 0 Å². The van der Waals surface area contributed by atoms with Gasteiger partial charge in [0.2, 0.25) is 0 Å². The van der Waals surface area contributed by atoms with Gasteiger partial charge in [-0.25, -0.2) is 0 Å².